The van der Waals surface area contributed by atoms with Gasteiger partial charge in [0, 0.05) is 12.6 Å². The molecule has 0 unspecified atom stereocenters. The second kappa shape index (κ2) is 5.82. The second-order valence-corrected chi connectivity index (χ2v) is 5.64. The summed E-state index contributed by atoms with van der Waals surface area (Å²) in [7, 11) is 0. The number of hydrogen-bond acceptors (Lipinski definition) is 1. The van der Waals surface area contributed by atoms with Gasteiger partial charge in [0.25, 0.3) is 0 Å². The molecule has 0 aliphatic heterocycles. The summed E-state index contributed by atoms with van der Waals surface area (Å²) in [5, 5.41) is 5.29. The van der Waals surface area contributed by atoms with Gasteiger partial charge in [-0.2, -0.15) is 0 Å². The fourth-order valence-corrected chi connectivity index (χ4v) is 2.55. The van der Waals surface area contributed by atoms with E-state index in [0.717, 1.165) is 22.4 Å². The predicted octanol–water partition coefficient (Wildman–Crippen LogP) is 5.49. The van der Waals surface area contributed by atoms with Crippen LogP contribution in [0.3, 0.4) is 0 Å². The number of benzene rings is 3. The highest BCUT2D eigenvalue weighted by Gasteiger charge is 2.08. The first-order valence-corrected chi connectivity index (χ1v) is 7.29. The molecule has 3 rings (SSSR count). The maximum absolute atomic E-state index is 13.7. The average molecular weight is 348 g/mol. The van der Waals surface area contributed by atoms with Crippen LogP contribution < -0.4 is 5.32 Å². The van der Waals surface area contributed by atoms with Crippen molar-refractivity contribution in [3.63, 3.8) is 0 Å². The molecule has 0 bridgehead atoms. The molecule has 0 fully saturated rings. The van der Waals surface area contributed by atoms with Crippen molar-refractivity contribution in [2.75, 3.05) is 5.32 Å². The van der Waals surface area contributed by atoms with Gasteiger partial charge in [-0.1, -0.05) is 36.4 Å². The van der Waals surface area contributed by atoms with Gasteiger partial charge in [0.2, 0.25) is 0 Å². The largest absolute Gasteiger partial charge is 0.379 e. The van der Waals surface area contributed by atoms with Gasteiger partial charge in [0.1, 0.15) is 11.6 Å². The van der Waals surface area contributed by atoms with Crippen molar-refractivity contribution in [2.45, 2.75) is 6.54 Å². The summed E-state index contributed by atoms with van der Waals surface area (Å²) in [6.45, 7) is 0.472. The molecule has 0 aromatic heterocycles. The van der Waals surface area contributed by atoms with Crippen molar-refractivity contribution in [1.82, 2.24) is 0 Å². The third-order valence-corrected chi connectivity index (χ3v) is 3.91. The maximum Gasteiger partial charge on any atom is 0.149 e. The van der Waals surface area contributed by atoms with Crippen LogP contribution in [0.25, 0.3) is 10.8 Å². The van der Waals surface area contributed by atoms with Crippen molar-refractivity contribution in [3.05, 3.63) is 76.3 Å². The van der Waals surface area contributed by atoms with Crippen LogP contribution >= 0.6 is 15.9 Å². The van der Waals surface area contributed by atoms with E-state index in [-0.39, 0.29) is 10.2 Å². The molecule has 3 aromatic carbocycles. The van der Waals surface area contributed by atoms with E-state index in [9.17, 15) is 8.78 Å². The van der Waals surface area contributed by atoms with Gasteiger partial charge in [-0.25, -0.2) is 8.78 Å². The topological polar surface area (TPSA) is 12.0 Å². The Kier molecular flexibility index (Phi) is 3.88. The molecule has 0 radical (unpaired) electrons. The lowest BCUT2D eigenvalue weighted by molar-refractivity contribution is 0.580. The van der Waals surface area contributed by atoms with Gasteiger partial charge in [0.15, 0.2) is 0 Å². The molecule has 0 aliphatic carbocycles. The van der Waals surface area contributed by atoms with Crippen molar-refractivity contribution < 1.29 is 8.78 Å². The summed E-state index contributed by atoms with van der Waals surface area (Å²) in [5.74, 6) is -1.21. The van der Waals surface area contributed by atoms with Crippen molar-refractivity contribution >= 4 is 32.4 Å². The van der Waals surface area contributed by atoms with Gasteiger partial charge in [-0.15, -0.1) is 0 Å². The van der Waals surface area contributed by atoms with Crippen LogP contribution in [0.2, 0.25) is 0 Å². The van der Waals surface area contributed by atoms with Crippen molar-refractivity contribution in [3.8, 4) is 0 Å². The Hall–Kier alpha value is -1.94. The highest BCUT2D eigenvalue weighted by atomic mass is 79.9. The number of fused-ring (bicyclic) bond motifs is 1. The van der Waals surface area contributed by atoms with Crippen molar-refractivity contribution in [1.29, 1.82) is 0 Å². The van der Waals surface area contributed by atoms with E-state index >= 15 is 0 Å². The smallest absolute Gasteiger partial charge is 0.149 e. The third kappa shape index (κ3) is 3.05. The standard InChI is InChI=1S/C17H12BrF2N/c18-14-8-17(16(20)9-15(14)19)21-10-11-5-6-12-3-1-2-4-13(12)7-11/h1-9,21H,10H2. The minimum atomic E-state index is -0.608. The number of anilines is 1. The van der Waals surface area contributed by atoms with Crippen LogP contribution in [0.4, 0.5) is 14.5 Å². The maximum atomic E-state index is 13.7. The summed E-state index contributed by atoms with van der Waals surface area (Å²) < 4.78 is 27.1. The number of nitrogens with one attached hydrogen (secondary N) is 1. The summed E-state index contributed by atoms with van der Waals surface area (Å²) in [4.78, 5) is 0. The lowest BCUT2D eigenvalue weighted by Gasteiger charge is -2.09. The van der Waals surface area contributed by atoms with E-state index in [0.29, 0.717) is 6.54 Å². The Balaban J connectivity index is 1.81. The monoisotopic (exact) mass is 347 g/mol. The molecule has 4 heteroatoms. The highest BCUT2D eigenvalue weighted by Crippen LogP contribution is 2.24. The molecular weight excluding hydrogens is 336 g/mol. The van der Waals surface area contributed by atoms with Crippen LogP contribution in [0.1, 0.15) is 5.56 Å². The molecule has 0 heterocycles. The number of rotatable bonds is 3. The summed E-state index contributed by atoms with van der Waals surface area (Å²) in [6.07, 6.45) is 0. The molecular formula is C17H12BrF2N. The molecule has 21 heavy (non-hydrogen) atoms. The molecule has 1 N–H and O–H groups in total. The Labute approximate surface area is 129 Å². The fraction of sp³-hybridized carbons (Fsp3) is 0.0588. The molecule has 0 amide bonds. The Bertz CT molecular complexity index is 802. The highest BCUT2D eigenvalue weighted by molar-refractivity contribution is 9.10. The first-order valence-electron chi connectivity index (χ1n) is 6.49. The molecule has 0 saturated heterocycles. The van der Waals surface area contributed by atoms with Crippen LogP contribution in [0.5, 0.6) is 0 Å². The number of hydrogen-bond donors (Lipinski definition) is 1. The fourth-order valence-electron chi connectivity index (χ4n) is 2.20. The first kappa shape index (κ1) is 14.0. The summed E-state index contributed by atoms with van der Waals surface area (Å²) >= 11 is 3.06. The Morgan fingerprint density at radius 3 is 2.43 bits per heavy atom. The molecule has 3 aromatic rings. The van der Waals surface area contributed by atoms with E-state index < -0.39 is 11.6 Å². The quantitative estimate of drug-likeness (QED) is 0.617. The number of halogens is 3. The predicted molar refractivity (Wildman–Crippen MR) is 85.3 cm³/mol. The summed E-state index contributed by atoms with van der Waals surface area (Å²) in [5.41, 5.74) is 1.31. The van der Waals surface area contributed by atoms with E-state index in [1.54, 1.807) is 0 Å². The zero-order valence-corrected chi connectivity index (χ0v) is 12.6. The van der Waals surface area contributed by atoms with Crippen molar-refractivity contribution in [2.24, 2.45) is 0 Å². The van der Waals surface area contributed by atoms with Crippen LogP contribution in [0.15, 0.2) is 59.1 Å². The van der Waals surface area contributed by atoms with Gasteiger partial charge < -0.3 is 5.32 Å². The van der Waals surface area contributed by atoms with Gasteiger partial charge in [-0.05, 0) is 44.4 Å². The molecule has 1 nitrogen and oxygen atoms in total. The van der Waals surface area contributed by atoms with Crippen LogP contribution in [-0.2, 0) is 6.54 Å². The third-order valence-electron chi connectivity index (χ3n) is 3.31. The second-order valence-electron chi connectivity index (χ2n) is 4.78. The summed E-state index contributed by atoms with van der Waals surface area (Å²) in [6, 6.07) is 16.4. The molecule has 0 spiro atoms. The van der Waals surface area contributed by atoms with Crippen LogP contribution in [0, 0.1) is 11.6 Å². The van der Waals surface area contributed by atoms with E-state index in [1.165, 1.54) is 6.07 Å². The molecule has 0 saturated carbocycles. The Morgan fingerprint density at radius 2 is 1.62 bits per heavy atom. The molecule has 0 atom stereocenters. The minimum Gasteiger partial charge on any atom is -0.379 e. The Morgan fingerprint density at radius 1 is 0.857 bits per heavy atom. The average Bonchev–Trinajstić information content (AvgIpc) is 2.49. The minimum absolute atomic E-state index is 0.241. The van der Waals surface area contributed by atoms with Gasteiger partial charge in [-0.3, -0.25) is 0 Å². The normalized spacial score (nSPS) is 10.8. The zero-order chi connectivity index (χ0) is 14.8. The SMILES string of the molecule is Fc1cc(F)c(NCc2ccc3ccccc3c2)cc1Br. The first-order chi connectivity index (χ1) is 10.1. The van der Waals surface area contributed by atoms with Gasteiger partial charge >= 0.3 is 0 Å². The molecule has 106 valence electrons. The van der Waals surface area contributed by atoms with Crippen LogP contribution in [-0.4, -0.2) is 0 Å². The lowest BCUT2D eigenvalue weighted by atomic mass is 10.1. The van der Waals surface area contributed by atoms with E-state index in [2.05, 4.69) is 27.3 Å². The zero-order valence-electron chi connectivity index (χ0n) is 11.0. The molecule has 0 aliphatic rings. The van der Waals surface area contributed by atoms with E-state index in [4.69, 9.17) is 0 Å². The van der Waals surface area contributed by atoms with Gasteiger partial charge in [0.05, 0.1) is 10.2 Å². The van der Waals surface area contributed by atoms with E-state index in [1.807, 2.05) is 36.4 Å². The lowest BCUT2D eigenvalue weighted by Crippen LogP contribution is -2.02.